The van der Waals surface area contributed by atoms with Crippen molar-refractivity contribution in [3.63, 3.8) is 0 Å². The van der Waals surface area contributed by atoms with Crippen molar-refractivity contribution in [1.29, 1.82) is 0 Å². The van der Waals surface area contributed by atoms with Crippen LogP contribution in [0.15, 0.2) is 303 Å². The highest BCUT2D eigenvalue weighted by Gasteiger charge is 2.40. The SMILES string of the molecule is CC1(C)c2cc(-c3ccc4c(c3)C(C)(C)c3cc(-c5ccc6c(c5)c5ccccc5n6-c5cc6ccccc6c6ccccc56)ccc3-4)ccc2-c2ccc(-c3ccc4c(c3)C(C)(C)c3cc(-c5ccc6c(c5)c5ccccc5n6-c5cc6ccccc6c6ccccc56)ccc3-4)cc21. The second-order valence-electron chi connectivity index (χ2n) is 29.9. The Morgan fingerprint density at radius 2 is 0.414 bits per heavy atom. The quantitative estimate of drug-likeness (QED) is 0.147. The van der Waals surface area contributed by atoms with Crippen LogP contribution >= 0.6 is 0 Å². The van der Waals surface area contributed by atoms with Crippen molar-refractivity contribution in [2.45, 2.75) is 57.8 Å². The van der Waals surface area contributed by atoms with Gasteiger partial charge in [-0.05, 0) is 229 Å². The Bertz CT molecular complexity index is 6230. The number of benzene rings is 16. The Balaban J connectivity index is 0.567. The van der Waals surface area contributed by atoms with Crippen molar-refractivity contribution in [2.24, 2.45) is 0 Å². The molecule has 0 fully saturated rings. The molecule has 0 saturated heterocycles. The van der Waals surface area contributed by atoms with E-state index in [1.54, 1.807) is 0 Å². The van der Waals surface area contributed by atoms with Gasteiger partial charge >= 0.3 is 0 Å². The van der Waals surface area contributed by atoms with Crippen LogP contribution < -0.4 is 0 Å². The van der Waals surface area contributed by atoms with E-state index in [2.05, 4.69) is 354 Å². The van der Waals surface area contributed by atoms with Gasteiger partial charge in [0.1, 0.15) is 0 Å². The highest BCUT2D eigenvalue weighted by atomic mass is 15.0. The topological polar surface area (TPSA) is 9.86 Å². The molecule has 0 bridgehead atoms. The second-order valence-corrected chi connectivity index (χ2v) is 29.9. The maximum atomic E-state index is 2.49. The largest absolute Gasteiger partial charge is 0.309 e. The van der Waals surface area contributed by atoms with Crippen molar-refractivity contribution >= 4 is 86.7 Å². The molecule has 18 aromatic rings. The molecule has 2 nitrogen and oxygen atoms in total. The molecule has 21 rings (SSSR count). The summed E-state index contributed by atoms with van der Waals surface area (Å²) in [4.78, 5) is 0. The number of rotatable bonds is 6. The summed E-state index contributed by atoms with van der Waals surface area (Å²) in [6, 6.07) is 115. The summed E-state index contributed by atoms with van der Waals surface area (Å²) in [5.74, 6) is 0. The van der Waals surface area contributed by atoms with Crippen LogP contribution in [0.2, 0.25) is 0 Å². The number of fused-ring (bicyclic) bond motifs is 21. The minimum absolute atomic E-state index is 0.201. The van der Waals surface area contributed by atoms with Gasteiger partial charge in [0.05, 0.1) is 33.4 Å². The van der Waals surface area contributed by atoms with Crippen LogP contribution in [0, 0.1) is 0 Å². The summed E-state index contributed by atoms with van der Waals surface area (Å²) in [7, 11) is 0. The van der Waals surface area contributed by atoms with Gasteiger partial charge in [-0.25, -0.2) is 0 Å². The highest BCUT2D eigenvalue weighted by Crippen LogP contribution is 2.56. The summed E-state index contributed by atoms with van der Waals surface area (Å²) in [5.41, 5.74) is 32.9. The molecular weight excluding hydrogens is 1190 g/mol. The van der Waals surface area contributed by atoms with Crippen LogP contribution in [0.4, 0.5) is 0 Å². The van der Waals surface area contributed by atoms with E-state index in [1.807, 2.05) is 0 Å². The normalized spacial score (nSPS) is 14.4. The smallest absolute Gasteiger partial charge is 0.0546 e. The van der Waals surface area contributed by atoms with E-state index in [1.165, 1.54) is 209 Å². The molecule has 0 atom stereocenters. The fraction of sp³-hybridized carbons (Fsp3) is 0.0928. The summed E-state index contributed by atoms with van der Waals surface area (Å²) < 4.78 is 4.97. The zero-order chi connectivity index (χ0) is 65.9. The predicted molar refractivity (Wildman–Crippen MR) is 420 cm³/mol. The molecule has 0 amide bonds. The summed E-state index contributed by atoms with van der Waals surface area (Å²) in [6.45, 7) is 14.5. The van der Waals surface area contributed by atoms with Gasteiger partial charge in [0.15, 0.2) is 0 Å². The van der Waals surface area contributed by atoms with E-state index in [0.29, 0.717) is 0 Å². The lowest BCUT2D eigenvalue weighted by Gasteiger charge is -2.24. The first kappa shape index (κ1) is 56.3. The number of nitrogens with zero attached hydrogens (tertiary/aromatic N) is 2. The lowest BCUT2D eigenvalue weighted by Crippen LogP contribution is -2.16. The fourth-order valence-electron chi connectivity index (χ4n) is 18.6. The maximum Gasteiger partial charge on any atom is 0.0546 e. The average Bonchev–Trinajstić information content (AvgIpc) is 1.66. The zero-order valence-corrected chi connectivity index (χ0v) is 56.3. The van der Waals surface area contributed by atoms with Crippen molar-refractivity contribution in [1.82, 2.24) is 9.13 Å². The van der Waals surface area contributed by atoms with Crippen molar-refractivity contribution in [3.8, 4) is 89.3 Å². The summed E-state index contributed by atoms with van der Waals surface area (Å²) in [5, 5.41) is 15.2. The van der Waals surface area contributed by atoms with E-state index in [4.69, 9.17) is 0 Å². The maximum absolute atomic E-state index is 2.49. The van der Waals surface area contributed by atoms with Gasteiger partial charge in [-0.15, -0.1) is 0 Å². The van der Waals surface area contributed by atoms with Crippen LogP contribution in [0.1, 0.15) is 74.9 Å². The third kappa shape index (κ3) is 7.89. The molecular formula is C97H68N2. The number of hydrogen-bond acceptors (Lipinski definition) is 0. The first-order valence-electron chi connectivity index (χ1n) is 35.1. The van der Waals surface area contributed by atoms with Gasteiger partial charge in [0, 0.05) is 48.6 Å². The Hall–Kier alpha value is -11.8. The molecule has 3 aliphatic rings. The number of hydrogen-bond donors (Lipinski definition) is 0. The third-order valence-corrected chi connectivity index (χ3v) is 23.7. The van der Waals surface area contributed by atoms with E-state index < -0.39 is 0 Å². The third-order valence-electron chi connectivity index (χ3n) is 23.7. The van der Waals surface area contributed by atoms with Crippen LogP contribution in [0.5, 0.6) is 0 Å². The number of aromatic nitrogens is 2. The number of para-hydroxylation sites is 2. The fourth-order valence-corrected chi connectivity index (χ4v) is 18.6. The van der Waals surface area contributed by atoms with Gasteiger partial charge in [-0.3, -0.25) is 0 Å². The first-order chi connectivity index (χ1) is 48.3. The van der Waals surface area contributed by atoms with Gasteiger partial charge in [-0.1, -0.05) is 260 Å². The molecule has 0 radical (unpaired) electrons. The molecule has 2 heteroatoms. The van der Waals surface area contributed by atoms with Crippen molar-refractivity contribution < 1.29 is 0 Å². The Labute approximate surface area is 576 Å². The van der Waals surface area contributed by atoms with E-state index >= 15 is 0 Å². The van der Waals surface area contributed by atoms with Gasteiger partial charge in [0.25, 0.3) is 0 Å². The van der Waals surface area contributed by atoms with Gasteiger partial charge in [0.2, 0.25) is 0 Å². The predicted octanol–water partition coefficient (Wildman–Crippen LogP) is 26.1. The Morgan fingerprint density at radius 3 is 0.727 bits per heavy atom. The van der Waals surface area contributed by atoms with Crippen molar-refractivity contribution in [2.75, 3.05) is 0 Å². The summed E-state index contributed by atoms with van der Waals surface area (Å²) >= 11 is 0. The summed E-state index contributed by atoms with van der Waals surface area (Å²) in [6.07, 6.45) is 0. The van der Waals surface area contributed by atoms with E-state index in [-0.39, 0.29) is 16.2 Å². The minimum Gasteiger partial charge on any atom is -0.309 e. The molecule has 0 aliphatic heterocycles. The molecule has 0 saturated carbocycles. The molecule has 16 aromatic carbocycles. The molecule has 99 heavy (non-hydrogen) atoms. The standard InChI is InChI=1S/C97H68N2/c1-95(2)83-49-59(57-37-45-91-81(47-57)79-27-15-17-29-89(79)98(91)93-55-65-19-7-9-21-67(65)69-23-11-13-25-77(69)93)31-39-71(83)73-41-33-61(51-85(73)95)63-35-43-75-76-44-36-64(54-88(76)97(5,6)87(75)53-63)62-34-42-74-72-40-32-60(50-84(72)96(3,4)86(74)52-62)58-38-46-92-82(48-58)80-28-16-18-30-90(80)99(92)94-56-66-20-8-10-22-68(66)70-24-12-14-26-78(70)94/h7-56H,1-6H3. The second kappa shape index (κ2) is 20.1. The molecule has 0 spiro atoms. The van der Waals surface area contributed by atoms with Gasteiger partial charge < -0.3 is 9.13 Å². The lowest BCUT2D eigenvalue weighted by molar-refractivity contribution is 0.659. The highest BCUT2D eigenvalue weighted by molar-refractivity contribution is 6.18. The first-order valence-corrected chi connectivity index (χ1v) is 35.1. The van der Waals surface area contributed by atoms with Crippen LogP contribution in [-0.4, -0.2) is 9.13 Å². The molecule has 2 heterocycles. The minimum atomic E-state index is -0.202. The molecule has 2 aromatic heterocycles. The van der Waals surface area contributed by atoms with Crippen LogP contribution in [0.25, 0.3) is 176 Å². The van der Waals surface area contributed by atoms with Crippen molar-refractivity contribution in [3.05, 3.63) is 337 Å². The average molecular weight is 1260 g/mol. The Morgan fingerprint density at radius 1 is 0.182 bits per heavy atom. The van der Waals surface area contributed by atoms with E-state index in [0.717, 1.165) is 0 Å². The Kier molecular flexibility index (Phi) is 11.5. The zero-order valence-electron chi connectivity index (χ0n) is 56.3. The monoisotopic (exact) mass is 1260 g/mol. The van der Waals surface area contributed by atoms with Gasteiger partial charge in [-0.2, -0.15) is 0 Å². The van der Waals surface area contributed by atoms with Crippen LogP contribution in [-0.2, 0) is 16.2 Å². The molecule has 466 valence electrons. The molecule has 0 N–H and O–H groups in total. The molecule has 3 aliphatic carbocycles. The molecule has 0 unspecified atom stereocenters. The van der Waals surface area contributed by atoms with Crippen LogP contribution in [0.3, 0.4) is 0 Å². The van der Waals surface area contributed by atoms with E-state index in [9.17, 15) is 0 Å². The lowest BCUT2D eigenvalue weighted by atomic mass is 9.79.